The molecule has 2 N–H and O–H groups in total. The molecule has 2 aromatic rings. The van der Waals surface area contributed by atoms with Crippen molar-refractivity contribution in [3.05, 3.63) is 24.0 Å². The van der Waals surface area contributed by atoms with Gasteiger partial charge in [-0.2, -0.15) is 0 Å². The third-order valence-corrected chi connectivity index (χ3v) is 3.91. The van der Waals surface area contributed by atoms with Gasteiger partial charge in [0, 0.05) is 19.1 Å². The van der Waals surface area contributed by atoms with Crippen LogP contribution < -0.4 is 5.73 Å². The van der Waals surface area contributed by atoms with Gasteiger partial charge in [0.1, 0.15) is 5.82 Å². The standard InChI is InChI=1S/C14H18FN3O/c1-2-13-9(5-6-19-13)8-18-12-7-10(15)3-4-11(12)17-14(18)16/h3-4,7,9,13H,2,5-6,8H2,1H3,(H2,16,17). The summed E-state index contributed by atoms with van der Waals surface area (Å²) in [7, 11) is 0. The highest BCUT2D eigenvalue weighted by atomic mass is 19.1. The van der Waals surface area contributed by atoms with Crippen molar-refractivity contribution in [2.24, 2.45) is 5.92 Å². The average molecular weight is 263 g/mol. The minimum absolute atomic E-state index is 0.261. The Kier molecular flexibility index (Phi) is 3.14. The number of aromatic nitrogens is 2. The van der Waals surface area contributed by atoms with Crippen molar-refractivity contribution in [3.8, 4) is 0 Å². The van der Waals surface area contributed by atoms with Crippen molar-refractivity contribution < 1.29 is 9.13 Å². The normalized spacial score (nSPS) is 23.3. The van der Waals surface area contributed by atoms with E-state index in [4.69, 9.17) is 10.5 Å². The van der Waals surface area contributed by atoms with Gasteiger partial charge in [0.05, 0.1) is 17.1 Å². The van der Waals surface area contributed by atoms with Crippen LogP contribution in [0.4, 0.5) is 10.3 Å². The molecule has 1 fully saturated rings. The summed E-state index contributed by atoms with van der Waals surface area (Å²) < 4.78 is 21.0. The fraction of sp³-hybridized carbons (Fsp3) is 0.500. The SMILES string of the molecule is CCC1OCCC1Cn1c(N)nc2ccc(F)cc21. The summed E-state index contributed by atoms with van der Waals surface area (Å²) in [6.45, 7) is 3.66. The van der Waals surface area contributed by atoms with Gasteiger partial charge >= 0.3 is 0 Å². The van der Waals surface area contributed by atoms with Gasteiger partial charge in [-0.25, -0.2) is 9.37 Å². The highest BCUT2D eigenvalue weighted by molar-refractivity contribution is 5.78. The summed E-state index contributed by atoms with van der Waals surface area (Å²) in [5.74, 6) is 0.610. The Morgan fingerprint density at radius 1 is 1.53 bits per heavy atom. The molecule has 0 bridgehead atoms. The molecule has 1 saturated heterocycles. The number of fused-ring (bicyclic) bond motifs is 1. The lowest BCUT2D eigenvalue weighted by Gasteiger charge is -2.18. The zero-order valence-corrected chi connectivity index (χ0v) is 11.0. The van der Waals surface area contributed by atoms with Crippen LogP contribution in [0, 0.1) is 11.7 Å². The van der Waals surface area contributed by atoms with Crippen LogP contribution in [0.25, 0.3) is 11.0 Å². The molecular formula is C14H18FN3O. The van der Waals surface area contributed by atoms with Crippen LogP contribution in [0.2, 0.25) is 0 Å². The Morgan fingerprint density at radius 2 is 2.37 bits per heavy atom. The lowest BCUT2D eigenvalue weighted by molar-refractivity contribution is 0.0839. The Morgan fingerprint density at radius 3 is 3.16 bits per heavy atom. The molecule has 19 heavy (non-hydrogen) atoms. The summed E-state index contributed by atoms with van der Waals surface area (Å²) in [6.07, 6.45) is 2.28. The van der Waals surface area contributed by atoms with E-state index >= 15 is 0 Å². The van der Waals surface area contributed by atoms with Crippen LogP contribution in [0.5, 0.6) is 0 Å². The molecule has 1 aromatic heterocycles. The predicted octanol–water partition coefficient (Wildman–Crippen LogP) is 2.57. The summed E-state index contributed by atoms with van der Waals surface area (Å²) in [6, 6.07) is 4.57. The Labute approximate surface area is 111 Å². The minimum atomic E-state index is -0.261. The molecular weight excluding hydrogens is 245 g/mol. The van der Waals surface area contributed by atoms with Gasteiger partial charge in [-0.05, 0) is 31.0 Å². The van der Waals surface area contributed by atoms with E-state index in [-0.39, 0.29) is 11.9 Å². The first-order chi connectivity index (χ1) is 9.19. The lowest BCUT2D eigenvalue weighted by atomic mass is 9.99. The molecule has 4 nitrogen and oxygen atoms in total. The number of nitrogens with two attached hydrogens (primary N) is 1. The molecule has 0 spiro atoms. The molecule has 3 rings (SSSR count). The maximum absolute atomic E-state index is 13.4. The van der Waals surface area contributed by atoms with Crippen LogP contribution >= 0.6 is 0 Å². The predicted molar refractivity (Wildman–Crippen MR) is 72.2 cm³/mol. The van der Waals surface area contributed by atoms with Gasteiger partial charge in [0.25, 0.3) is 0 Å². The summed E-state index contributed by atoms with van der Waals surface area (Å²) >= 11 is 0. The zero-order chi connectivity index (χ0) is 13.4. The fourth-order valence-corrected chi connectivity index (χ4v) is 2.89. The van der Waals surface area contributed by atoms with Gasteiger partial charge in [-0.15, -0.1) is 0 Å². The minimum Gasteiger partial charge on any atom is -0.378 e. The van der Waals surface area contributed by atoms with Crippen molar-refractivity contribution in [1.82, 2.24) is 9.55 Å². The average Bonchev–Trinajstić information content (AvgIpc) is 2.96. The second-order valence-electron chi connectivity index (χ2n) is 5.08. The van der Waals surface area contributed by atoms with Gasteiger partial charge in [0.15, 0.2) is 0 Å². The van der Waals surface area contributed by atoms with E-state index in [1.807, 2.05) is 4.57 Å². The largest absolute Gasteiger partial charge is 0.378 e. The Bertz CT molecular complexity index is 596. The molecule has 0 saturated carbocycles. The highest BCUT2D eigenvalue weighted by Crippen LogP contribution is 2.28. The molecule has 2 heterocycles. The molecule has 0 radical (unpaired) electrons. The summed E-state index contributed by atoms with van der Waals surface area (Å²) in [5, 5.41) is 0. The summed E-state index contributed by atoms with van der Waals surface area (Å²) in [5.41, 5.74) is 7.46. The summed E-state index contributed by atoms with van der Waals surface area (Å²) in [4.78, 5) is 4.28. The number of ether oxygens (including phenoxy) is 1. The van der Waals surface area contributed by atoms with Crippen LogP contribution in [-0.2, 0) is 11.3 Å². The number of nitrogen functional groups attached to an aromatic ring is 1. The highest BCUT2D eigenvalue weighted by Gasteiger charge is 2.28. The van der Waals surface area contributed by atoms with E-state index in [2.05, 4.69) is 11.9 Å². The molecule has 102 valence electrons. The van der Waals surface area contributed by atoms with E-state index in [0.29, 0.717) is 11.9 Å². The van der Waals surface area contributed by atoms with Gasteiger partial charge in [0.2, 0.25) is 5.95 Å². The van der Waals surface area contributed by atoms with Crippen LogP contribution in [0.15, 0.2) is 18.2 Å². The monoisotopic (exact) mass is 263 g/mol. The first-order valence-electron chi connectivity index (χ1n) is 6.72. The molecule has 0 aliphatic carbocycles. The van der Waals surface area contributed by atoms with Gasteiger partial charge < -0.3 is 15.0 Å². The molecule has 1 aromatic carbocycles. The molecule has 1 aliphatic rings. The van der Waals surface area contributed by atoms with Crippen molar-refractivity contribution in [2.75, 3.05) is 12.3 Å². The van der Waals surface area contributed by atoms with Crippen LogP contribution in [0.3, 0.4) is 0 Å². The molecule has 0 amide bonds. The molecule has 1 aliphatic heterocycles. The smallest absolute Gasteiger partial charge is 0.201 e. The number of halogens is 1. The Balaban J connectivity index is 1.95. The first kappa shape index (κ1) is 12.4. The maximum Gasteiger partial charge on any atom is 0.201 e. The van der Waals surface area contributed by atoms with E-state index in [1.54, 1.807) is 6.07 Å². The second kappa shape index (κ2) is 4.81. The van der Waals surface area contributed by atoms with E-state index < -0.39 is 0 Å². The number of hydrogen-bond donors (Lipinski definition) is 1. The lowest BCUT2D eigenvalue weighted by Crippen LogP contribution is -2.21. The number of nitrogens with zero attached hydrogens (tertiary/aromatic N) is 2. The number of imidazole rings is 1. The third kappa shape index (κ3) is 2.18. The second-order valence-corrected chi connectivity index (χ2v) is 5.08. The van der Waals surface area contributed by atoms with Crippen molar-refractivity contribution >= 4 is 17.0 Å². The molecule has 2 unspecified atom stereocenters. The topological polar surface area (TPSA) is 53.1 Å². The number of rotatable bonds is 3. The van der Waals surface area contributed by atoms with Crippen molar-refractivity contribution in [3.63, 3.8) is 0 Å². The van der Waals surface area contributed by atoms with E-state index in [1.165, 1.54) is 12.1 Å². The zero-order valence-electron chi connectivity index (χ0n) is 11.0. The first-order valence-corrected chi connectivity index (χ1v) is 6.72. The number of benzene rings is 1. The van der Waals surface area contributed by atoms with Gasteiger partial charge in [-0.3, -0.25) is 0 Å². The van der Waals surface area contributed by atoms with Crippen molar-refractivity contribution in [1.29, 1.82) is 0 Å². The van der Waals surface area contributed by atoms with Crippen LogP contribution in [-0.4, -0.2) is 22.3 Å². The van der Waals surface area contributed by atoms with Gasteiger partial charge in [-0.1, -0.05) is 6.92 Å². The Hall–Kier alpha value is -1.62. The quantitative estimate of drug-likeness (QED) is 0.926. The van der Waals surface area contributed by atoms with Crippen LogP contribution in [0.1, 0.15) is 19.8 Å². The van der Waals surface area contributed by atoms with Crippen molar-refractivity contribution in [2.45, 2.75) is 32.4 Å². The molecule has 2 atom stereocenters. The maximum atomic E-state index is 13.4. The fourth-order valence-electron chi connectivity index (χ4n) is 2.89. The van der Waals surface area contributed by atoms with E-state index in [9.17, 15) is 4.39 Å². The number of anilines is 1. The third-order valence-electron chi connectivity index (χ3n) is 3.91. The molecule has 5 heteroatoms. The van der Waals surface area contributed by atoms with E-state index in [0.717, 1.165) is 37.0 Å². The number of hydrogen-bond acceptors (Lipinski definition) is 3.